The first-order chi connectivity index (χ1) is 12.5. The fourth-order valence-corrected chi connectivity index (χ4v) is 4.73. The van der Waals surface area contributed by atoms with Crippen LogP contribution in [-0.4, -0.2) is 59.5 Å². The number of fused-ring (bicyclic) bond motifs is 1. The molecule has 0 aliphatic carbocycles. The van der Waals surface area contributed by atoms with E-state index in [1.165, 1.54) is 27.7 Å². The van der Waals surface area contributed by atoms with Gasteiger partial charge in [-0.15, -0.1) is 0 Å². The summed E-state index contributed by atoms with van der Waals surface area (Å²) < 4.78 is 0. The highest BCUT2D eigenvalue weighted by molar-refractivity contribution is 5.87. The molecule has 5 heteroatoms. The Balaban J connectivity index is 1.57. The maximum absolute atomic E-state index is 11.8. The third kappa shape index (κ3) is 3.03. The van der Waals surface area contributed by atoms with Gasteiger partial charge < -0.3 is 10.3 Å². The number of para-hydroxylation sites is 1. The Labute approximate surface area is 155 Å². The molecule has 1 unspecified atom stereocenters. The molecule has 2 aliphatic heterocycles. The summed E-state index contributed by atoms with van der Waals surface area (Å²) in [5, 5.41) is 4.39. The standard InChI is InChI=1S/C21H30N4O/c1-15-16(2)23-20-17(5-4-6-18(15)20)13-25-12-11-24(3)21(14-25)8-7-19(26)22-10-9-21/h4-6,23H,7-14H2,1-3H3,(H,22,26). The summed E-state index contributed by atoms with van der Waals surface area (Å²) in [6, 6.07) is 6.64. The predicted molar refractivity (Wildman–Crippen MR) is 105 cm³/mol. The molecule has 1 aromatic heterocycles. The third-order valence-electron chi connectivity index (χ3n) is 6.63. The minimum absolute atomic E-state index is 0.118. The van der Waals surface area contributed by atoms with Crippen molar-refractivity contribution >= 4 is 16.8 Å². The zero-order chi connectivity index (χ0) is 18.3. The SMILES string of the molecule is Cc1[nH]c2c(CN3CCN(C)C4(CCNC(=O)CC4)C3)cccc2c1C. The zero-order valence-corrected chi connectivity index (χ0v) is 16.2. The maximum Gasteiger partial charge on any atom is 0.220 e. The molecule has 2 N–H and O–H groups in total. The lowest BCUT2D eigenvalue weighted by molar-refractivity contribution is -0.121. The summed E-state index contributed by atoms with van der Waals surface area (Å²) in [5.41, 5.74) is 5.39. The van der Waals surface area contributed by atoms with E-state index < -0.39 is 0 Å². The van der Waals surface area contributed by atoms with Gasteiger partial charge in [-0.2, -0.15) is 0 Å². The van der Waals surface area contributed by atoms with Crippen molar-refractivity contribution in [2.45, 2.75) is 45.2 Å². The Morgan fingerprint density at radius 2 is 2.04 bits per heavy atom. The number of aromatic amines is 1. The van der Waals surface area contributed by atoms with Crippen LogP contribution < -0.4 is 5.32 Å². The number of nitrogens with zero attached hydrogens (tertiary/aromatic N) is 2. The number of carbonyl (C=O) groups excluding carboxylic acids is 1. The van der Waals surface area contributed by atoms with Crippen LogP contribution in [0.5, 0.6) is 0 Å². The Morgan fingerprint density at radius 1 is 1.19 bits per heavy atom. The monoisotopic (exact) mass is 354 g/mol. The van der Waals surface area contributed by atoms with E-state index in [2.05, 4.69) is 59.2 Å². The van der Waals surface area contributed by atoms with Gasteiger partial charge in [-0.3, -0.25) is 14.6 Å². The predicted octanol–water partition coefficient (Wildman–Crippen LogP) is 2.57. The molecule has 1 spiro atoms. The van der Waals surface area contributed by atoms with Crippen molar-refractivity contribution in [2.75, 3.05) is 33.2 Å². The Bertz CT molecular complexity index is 827. The number of hydrogen-bond acceptors (Lipinski definition) is 3. The summed E-state index contributed by atoms with van der Waals surface area (Å²) in [6.45, 7) is 9.28. The number of carbonyl (C=O) groups is 1. The Hall–Kier alpha value is -1.85. The van der Waals surface area contributed by atoms with Crippen LogP contribution in [0.3, 0.4) is 0 Å². The van der Waals surface area contributed by atoms with Gasteiger partial charge in [-0.1, -0.05) is 18.2 Å². The first kappa shape index (κ1) is 17.6. The highest BCUT2D eigenvalue weighted by Gasteiger charge is 2.40. The first-order valence-electron chi connectivity index (χ1n) is 9.76. The quantitative estimate of drug-likeness (QED) is 0.871. The van der Waals surface area contributed by atoms with Crippen LogP contribution in [0.25, 0.3) is 10.9 Å². The lowest BCUT2D eigenvalue weighted by Crippen LogP contribution is -2.60. The van der Waals surface area contributed by atoms with Crippen LogP contribution in [0.1, 0.15) is 36.1 Å². The second-order valence-electron chi connectivity index (χ2n) is 8.17. The van der Waals surface area contributed by atoms with Gasteiger partial charge in [0.2, 0.25) is 5.91 Å². The van der Waals surface area contributed by atoms with Crippen molar-refractivity contribution in [1.82, 2.24) is 20.1 Å². The number of H-pyrrole nitrogens is 1. The summed E-state index contributed by atoms with van der Waals surface area (Å²) in [6.07, 6.45) is 2.64. The lowest BCUT2D eigenvalue weighted by Gasteiger charge is -2.49. The topological polar surface area (TPSA) is 51.4 Å². The lowest BCUT2D eigenvalue weighted by atomic mass is 9.86. The molecule has 2 aliphatic rings. The molecule has 1 amide bonds. The van der Waals surface area contributed by atoms with Gasteiger partial charge in [0.25, 0.3) is 0 Å². The summed E-state index contributed by atoms with van der Waals surface area (Å²) >= 11 is 0. The van der Waals surface area contributed by atoms with E-state index in [-0.39, 0.29) is 11.4 Å². The number of benzene rings is 1. The molecule has 3 heterocycles. The van der Waals surface area contributed by atoms with Crippen molar-refractivity contribution in [1.29, 1.82) is 0 Å². The van der Waals surface area contributed by atoms with E-state index >= 15 is 0 Å². The van der Waals surface area contributed by atoms with Gasteiger partial charge in [-0.05, 0) is 44.9 Å². The fraction of sp³-hybridized carbons (Fsp3) is 0.571. The molecule has 2 saturated heterocycles. The maximum atomic E-state index is 11.8. The van der Waals surface area contributed by atoms with Gasteiger partial charge in [0.05, 0.1) is 5.52 Å². The molecule has 5 nitrogen and oxygen atoms in total. The Kier molecular flexibility index (Phi) is 4.53. The van der Waals surface area contributed by atoms with E-state index in [0.717, 1.165) is 45.6 Å². The molecule has 4 rings (SSSR count). The minimum Gasteiger partial charge on any atom is -0.358 e. The van der Waals surface area contributed by atoms with Crippen LogP contribution >= 0.6 is 0 Å². The molecule has 0 radical (unpaired) electrons. The van der Waals surface area contributed by atoms with Gasteiger partial charge in [0.15, 0.2) is 0 Å². The van der Waals surface area contributed by atoms with Crippen molar-refractivity contribution in [3.05, 3.63) is 35.0 Å². The largest absolute Gasteiger partial charge is 0.358 e. The van der Waals surface area contributed by atoms with E-state index in [1.54, 1.807) is 0 Å². The summed E-state index contributed by atoms with van der Waals surface area (Å²) in [7, 11) is 2.23. The third-order valence-corrected chi connectivity index (χ3v) is 6.63. The summed E-state index contributed by atoms with van der Waals surface area (Å²) in [5.74, 6) is 0.203. The molecule has 1 atom stereocenters. The average molecular weight is 354 g/mol. The highest BCUT2D eigenvalue weighted by Crippen LogP contribution is 2.32. The van der Waals surface area contributed by atoms with Gasteiger partial charge >= 0.3 is 0 Å². The molecule has 0 saturated carbocycles. The zero-order valence-electron chi connectivity index (χ0n) is 16.2. The van der Waals surface area contributed by atoms with Crippen LogP contribution in [0.15, 0.2) is 18.2 Å². The van der Waals surface area contributed by atoms with Gasteiger partial charge in [0.1, 0.15) is 0 Å². The molecule has 2 fully saturated rings. The van der Waals surface area contributed by atoms with Crippen LogP contribution in [0.4, 0.5) is 0 Å². The van der Waals surface area contributed by atoms with Crippen LogP contribution in [0.2, 0.25) is 0 Å². The minimum atomic E-state index is 0.118. The number of aryl methyl sites for hydroxylation is 2. The molecular weight excluding hydrogens is 324 g/mol. The number of rotatable bonds is 2. The highest BCUT2D eigenvalue weighted by atomic mass is 16.1. The second-order valence-corrected chi connectivity index (χ2v) is 8.17. The molecule has 0 bridgehead atoms. The molecule has 140 valence electrons. The number of piperazine rings is 1. The van der Waals surface area contributed by atoms with Gasteiger partial charge in [0, 0.05) is 55.8 Å². The molecule has 26 heavy (non-hydrogen) atoms. The van der Waals surface area contributed by atoms with Crippen molar-refractivity contribution in [3.63, 3.8) is 0 Å². The first-order valence-corrected chi connectivity index (χ1v) is 9.76. The molecule has 2 aromatic rings. The number of hydrogen-bond donors (Lipinski definition) is 2. The Morgan fingerprint density at radius 3 is 2.88 bits per heavy atom. The molecule has 1 aromatic carbocycles. The normalized spacial score (nSPS) is 25.6. The van der Waals surface area contributed by atoms with E-state index in [0.29, 0.717) is 6.42 Å². The van der Waals surface area contributed by atoms with Crippen molar-refractivity contribution in [2.24, 2.45) is 0 Å². The van der Waals surface area contributed by atoms with E-state index in [1.807, 2.05) is 0 Å². The van der Waals surface area contributed by atoms with Crippen molar-refractivity contribution in [3.8, 4) is 0 Å². The molecular formula is C21H30N4O. The smallest absolute Gasteiger partial charge is 0.220 e. The number of amides is 1. The van der Waals surface area contributed by atoms with Gasteiger partial charge in [-0.25, -0.2) is 0 Å². The van der Waals surface area contributed by atoms with Crippen LogP contribution in [0, 0.1) is 13.8 Å². The van der Waals surface area contributed by atoms with Crippen molar-refractivity contribution < 1.29 is 4.79 Å². The average Bonchev–Trinajstić information content (AvgIpc) is 2.80. The summed E-state index contributed by atoms with van der Waals surface area (Å²) in [4.78, 5) is 20.5. The second kappa shape index (κ2) is 6.71. The van der Waals surface area contributed by atoms with Crippen LogP contribution in [-0.2, 0) is 11.3 Å². The fourth-order valence-electron chi connectivity index (χ4n) is 4.73. The number of likely N-dealkylation sites (N-methyl/N-ethyl adjacent to an activating group) is 1. The van der Waals surface area contributed by atoms with E-state index in [4.69, 9.17) is 0 Å². The van der Waals surface area contributed by atoms with E-state index in [9.17, 15) is 4.79 Å². The number of nitrogens with one attached hydrogen (secondary N) is 2. The number of aromatic nitrogens is 1.